The molecule has 1 aromatic carbocycles. The fourth-order valence-electron chi connectivity index (χ4n) is 1.68. The highest BCUT2D eigenvalue weighted by molar-refractivity contribution is 6.32. The van der Waals surface area contributed by atoms with Gasteiger partial charge in [0.15, 0.2) is 11.5 Å². The summed E-state index contributed by atoms with van der Waals surface area (Å²) >= 11 is 5.91. The van der Waals surface area contributed by atoms with Gasteiger partial charge in [-0.15, -0.1) is 0 Å². The van der Waals surface area contributed by atoms with Gasteiger partial charge in [-0.3, -0.25) is 0 Å². The molecule has 104 valence electrons. The van der Waals surface area contributed by atoms with E-state index in [2.05, 4.69) is 4.74 Å². The van der Waals surface area contributed by atoms with Crippen molar-refractivity contribution in [2.75, 3.05) is 13.4 Å². The molecule has 0 radical (unpaired) electrons. The van der Waals surface area contributed by atoms with Crippen molar-refractivity contribution in [3.8, 4) is 11.5 Å². The van der Waals surface area contributed by atoms with E-state index in [-0.39, 0.29) is 24.0 Å². The summed E-state index contributed by atoms with van der Waals surface area (Å²) in [7, 11) is 0. The Morgan fingerprint density at radius 1 is 1.58 bits per heavy atom. The highest BCUT2D eigenvalue weighted by atomic mass is 35.5. The van der Waals surface area contributed by atoms with Crippen LogP contribution in [-0.4, -0.2) is 30.6 Å². The van der Waals surface area contributed by atoms with Crippen LogP contribution in [0.2, 0.25) is 5.02 Å². The molecule has 0 spiro atoms. The quantitative estimate of drug-likeness (QED) is 0.859. The third kappa shape index (κ3) is 2.74. The Bertz CT molecular complexity index is 493. The summed E-state index contributed by atoms with van der Waals surface area (Å²) in [6.07, 6.45) is -3.86. The van der Waals surface area contributed by atoms with Gasteiger partial charge in [0.1, 0.15) is 6.10 Å². The molecule has 0 amide bonds. The third-order valence-electron chi connectivity index (χ3n) is 2.58. The average molecular weight is 291 g/mol. The minimum absolute atomic E-state index is 0.00549. The summed E-state index contributed by atoms with van der Waals surface area (Å²) in [5.74, 6) is -0.481. The average Bonchev–Trinajstić information content (AvgIpc) is 2.86. The van der Waals surface area contributed by atoms with Crippen LogP contribution < -0.4 is 9.47 Å². The lowest BCUT2D eigenvalue weighted by atomic mass is 10.0. The van der Waals surface area contributed by atoms with Crippen LogP contribution in [0.1, 0.15) is 18.6 Å². The Morgan fingerprint density at radius 3 is 3.00 bits per heavy atom. The van der Waals surface area contributed by atoms with E-state index in [0.29, 0.717) is 11.5 Å². The fraction of sp³-hybridized carbons (Fsp3) is 0.417. The zero-order valence-corrected chi connectivity index (χ0v) is 10.8. The first-order valence-electron chi connectivity index (χ1n) is 5.62. The number of hydrogen-bond acceptors (Lipinski definition) is 5. The number of hydrogen-bond donors (Lipinski definition) is 1. The van der Waals surface area contributed by atoms with Crippen LogP contribution in [0.4, 0.5) is 4.39 Å². The normalized spacial score (nSPS) is 16.0. The Labute approximate surface area is 113 Å². The Kier molecular flexibility index (Phi) is 4.11. The number of fused-ring (bicyclic) bond motifs is 1. The Balaban J connectivity index is 2.22. The van der Waals surface area contributed by atoms with Crippen LogP contribution in [-0.2, 0) is 9.53 Å². The lowest BCUT2D eigenvalue weighted by molar-refractivity contribution is -0.153. The molecule has 0 saturated carbocycles. The number of ether oxygens (including phenoxy) is 3. The van der Waals surface area contributed by atoms with Gasteiger partial charge >= 0.3 is 5.97 Å². The van der Waals surface area contributed by atoms with Crippen LogP contribution in [0.5, 0.6) is 11.5 Å². The van der Waals surface area contributed by atoms with Crippen LogP contribution in [0.3, 0.4) is 0 Å². The zero-order valence-electron chi connectivity index (χ0n) is 10.1. The molecule has 0 bridgehead atoms. The van der Waals surface area contributed by atoms with Gasteiger partial charge in [-0.1, -0.05) is 11.6 Å². The number of carbonyl (C=O) groups is 1. The fourth-order valence-corrected chi connectivity index (χ4v) is 1.95. The molecular weight excluding hydrogens is 279 g/mol. The molecule has 19 heavy (non-hydrogen) atoms. The molecule has 7 heteroatoms. The summed E-state index contributed by atoms with van der Waals surface area (Å²) in [5.41, 5.74) is 0.120. The van der Waals surface area contributed by atoms with Crippen molar-refractivity contribution in [2.24, 2.45) is 0 Å². The molecule has 2 unspecified atom stereocenters. The van der Waals surface area contributed by atoms with E-state index in [1.54, 1.807) is 6.92 Å². The minimum atomic E-state index is -2.18. The van der Waals surface area contributed by atoms with Gasteiger partial charge in [0.25, 0.3) is 0 Å². The maximum Gasteiger partial charge on any atom is 0.343 e. The molecule has 1 aromatic rings. The van der Waals surface area contributed by atoms with E-state index in [1.807, 2.05) is 0 Å². The van der Waals surface area contributed by atoms with Crippen molar-refractivity contribution >= 4 is 17.6 Å². The zero-order chi connectivity index (χ0) is 14.0. The van der Waals surface area contributed by atoms with E-state index in [9.17, 15) is 14.3 Å². The van der Waals surface area contributed by atoms with Gasteiger partial charge in [0, 0.05) is 0 Å². The number of rotatable bonds is 4. The lowest BCUT2D eigenvalue weighted by Gasteiger charge is -2.15. The molecule has 2 atom stereocenters. The van der Waals surface area contributed by atoms with Gasteiger partial charge in [-0.05, 0) is 24.6 Å². The number of carbonyl (C=O) groups excluding carboxylic acids is 1. The van der Waals surface area contributed by atoms with Crippen LogP contribution >= 0.6 is 11.6 Å². The first-order valence-corrected chi connectivity index (χ1v) is 6.00. The predicted octanol–water partition coefficient (Wildman–Crippen LogP) is 2.00. The summed E-state index contributed by atoms with van der Waals surface area (Å²) in [5, 5.41) is 9.99. The number of benzene rings is 1. The molecule has 2 rings (SSSR count). The smallest absolute Gasteiger partial charge is 0.343 e. The molecule has 0 aliphatic carbocycles. The second kappa shape index (κ2) is 5.63. The predicted molar refractivity (Wildman–Crippen MR) is 64.1 cm³/mol. The first-order chi connectivity index (χ1) is 9.04. The van der Waals surface area contributed by atoms with Crippen molar-refractivity contribution in [1.82, 2.24) is 0 Å². The molecular formula is C12H12ClFO5. The largest absolute Gasteiger partial charge is 0.464 e. The van der Waals surface area contributed by atoms with E-state index >= 15 is 0 Å². The number of aliphatic hydroxyl groups is 1. The Hall–Kier alpha value is -1.53. The van der Waals surface area contributed by atoms with Crippen LogP contribution in [0, 0.1) is 0 Å². The second-order valence-corrected chi connectivity index (χ2v) is 4.24. The first kappa shape index (κ1) is 13.9. The summed E-state index contributed by atoms with van der Waals surface area (Å²) < 4.78 is 28.4. The standard InChI is InChI=1S/C12H12ClFO5/c1-2-17-12(16)9(14)10(15)6-3-7(13)11-8(4-6)18-5-19-11/h3-4,9-10,15H,2,5H2,1H3. The van der Waals surface area contributed by atoms with Crippen molar-refractivity contribution in [3.63, 3.8) is 0 Å². The second-order valence-electron chi connectivity index (χ2n) is 3.84. The van der Waals surface area contributed by atoms with E-state index < -0.39 is 18.2 Å². The van der Waals surface area contributed by atoms with Gasteiger partial charge in [0.05, 0.1) is 11.6 Å². The monoisotopic (exact) mass is 290 g/mol. The number of esters is 1. The SMILES string of the molecule is CCOC(=O)C(F)C(O)c1cc(Cl)c2c(c1)OCO2. The molecule has 5 nitrogen and oxygen atoms in total. The molecule has 0 saturated heterocycles. The molecule has 1 aliphatic rings. The molecule has 0 fully saturated rings. The summed E-state index contributed by atoms with van der Waals surface area (Å²) in [4.78, 5) is 11.2. The van der Waals surface area contributed by atoms with Crippen molar-refractivity contribution in [1.29, 1.82) is 0 Å². The summed E-state index contributed by atoms with van der Waals surface area (Å²) in [6, 6.07) is 2.70. The maximum absolute atomic E-state index is 13.7. The van der Waals surface area contributed by atoms with Crippen molar-refractivity contribution in [2.45, 2.75) is 19.2 Å². The van der Waals surface area contributed by atoms with E-state index in [1.165, 1.54) is 12.1 Å². The van der Waals surface area contributed by atoms with Gasteiger partial charge < -0.3 is 19.3 Å². The number of halogens is 2. The number of aliphatic hydroxyl groups excluding tert-OH is 1. The molecule has 1 N–H and O–H groups in total. The Morgan fingerprint density at radius 2 is 2.32 bits per heavy atom. The third-order valence-corrected chi connectivity index (χ3v) is 2.86. The van der Waals surface area contributed by atoms with Crippen LogP contribution in [0.25, 0.3) is 0 Å². The number of alkyl halides is 1. The molecule has 1 aliphatic heterocycles. The van der Waals surface area contributed by atoms with Crippen LogP contribution in [0.15, 0.2) is 12.1 Å². The van der Waals surface area contributed by atoms with Gasteiger partial charge in [-0.2, -0.15) is 0 Å². The summed E-state index contributed by atoms with van der Waals surface area (Å²) in [6.45, 7) is 1.59. The topological polar surface area (TPSA) is 65.0 Å². The lowest BCUT2D eigenvalue weighted by Crippen LogP contribution is -2.26. The minimum Gasteiger partial charge on any atom is -0.464 e. The van der Waals surface area contributed by atoms with Crippen molar-refractivity contribution < 1.29 is 28.5 Å². The highest BCUT2D eigenvalue weighted by Gasteiger charge is 2.31. The molecule has 1 heterocycles. The van der Waals surface area contributed by atoms with Gasteiger partial charge in [-0.25, -0.2) is 9.18 Å². The van der Waals surface area contributed by atoms with E-state index in [4.69, 9.17) is 21.1 Å². The maximum atomic E-state index is 13.7. The molecule has 0 aromatic heterocycles. The van der Waals surface area contributed by atoms with E-state index in [0.717, 1.165) is 0 Å². The van der Waals surface area contributed by atoms with Gasteiger partial charge in [0.2, 0.25) is 13.0 Å². The van der Waals surface area contributed by atoms with Crippen molar-refractivity contribution in [3.05, 3.63) is 22.7 Å². The highest BCUT2D eigenvalue weighted by Crippen LogP contribution is 2.41.